The summed E-state index contributed by atoms with van der Waals surface area (Å²) in [6.07, 6.45) is 0.786. The van der Waals surface area contributed by atoms with Gasteiger partial charge in [-0.25, -0.2) is 15.0 Å². The summed E-state index contributed by atoms with van der Waals surface area (Å²) in [5.74, 6) is 0.0610. The van der Waals surface area contributed by atoms with Crippen LogP contribution in [-0.4, -0.2) is 78.0 Å². The summed E-state index contributed by atoms with van der Waals surface area (Å²) < 4.78 is 12.7. The van der Waals surface area contributed by atoms with E-state index in [1.54, 1.807) is 55.7 Å². The first-order valence-corrected chi connectivity index (χ1v) is 12.1. The first-order chi connectivity index (χ1) is 18.9. The van der Waals surface area contributed by atoms with Gasteiger partial charge in [0.25, 0.3) is 11.8 Å². The predicted octanol–water partition coefficient (Wildman–Crippen LogP) is 0.738. The largest absolute Gasteiger partial charge is 0.484 e. The number of hydrogen-bond acceptors (Lipinski definition) is 11. The van der Waals surface area contributed by atoms with Crippen molar-refractivity contribution >= 4 is 40.2 Å². The van der Waals surface area contributed by atoms with Gasteiger partial charge in [-0.3, -0.25) is 19.1 Å². The van der Waals surface area contributed by atoms with E-state index in [1.165, 1.54) is 17.2 Å². The zero-order valence-corrected chi connectivity index (χ0v) is 20.8. The Balaban J connectivity index is 1.25. The second-order valence-corrected chi connectivity index (χ2v) is 8.59. The number of carbonyl (C=O) groups is 2. The topological polar surface area (TPSA) is 186 Å². The Morgan fingerprint density at radius 1 is 1.03 bits per heavy atom. The number of hydrogen-bond donors (Lipinski definition) is 5. The highest BCUT2D eigenvalue weighted by Gasteiger charge is 2.47. The molecule has 4 heterocycles. The number of ether oxygens (including phenoxy) is 2. The van der Waals surface area contributed by atoms with Gasteiger partial charge in [0, 0.05) is 30.3 Å². The van der Waals surface area contributed by atoms with Gasteiger partial charge in [0.05, 0.1) is 6.33 Å². The number of amides is 2. The van der Waals surface area contributed by atoms with Gasteiger partial charge in [0.15, 0.2) is 35.9 Å². The van der Waals surface area contributed by atoms with Gasteiger partial charge in [-0.05, 0) is 43.3 Å². The summed E-state index contributed by atoms with van der Waals surface area (Å²) in [5.41, 5.74) is 2.02. The van der Waals surface area contributed by atoms with E-state index in [-0.39, 0.29) is 12.5 Å². The van der Waals surface area contributed by atoms with Gasteiger partial charge in [-0.1, -0.05) is 0 Å². The van der Waals surface area contributed by atoms with Gasteiger partial charge in [-0.15, -0.1) is 0 Å². The van der Waals surface area contributed by atoms with Crippen molar-refractivity contribution in [1.29, 1.82) is 0 Å². The lowest BCUT2D eigenvalue weighted by Gasteiger charge is -2.16. The number of pyridine rings is 1. The normalized spacial score (nSPS) is 20.5. The molecule has 14 heteroatoms. The fourth-order valence-corrected chi connectivity index (χ4v) is 4.06. The lowest BCUT2D eigenvalue weighted by molar-refractivity contribution is -0.137. The highest BCUT2D eigenvalue weighted by Crippen LogP contribution is 2.33. The number of likely N-dealkylation sites (N-methyl/N-ethyl adjacent to an activating group) is 1. The number of aliphatic hydroxyl groups excluding tert-OH is 2. The summed E-state index contributed by atoms with van der Waals surface area (Å²) in [5, 5.41) is 29.4. The summed E-state index contributed by atoms with van der Waals surface area (Å²) in [6, 6.07) is 10.3. The van der Waals surface area contributed by atoms with Crippen LogP contribution in [0.15, 0.2) is 61.4 Å². The van der Waals surface area contributed by atoms with E-state index in [0.29, 0.717) is 40.7 Å². The first kappa shape index (κ1) is 26.0. The summed E-state index contributed by atoms with van der Waals surface area (Å²) in [6.45, 7) is 1.94. The van der Waals surface area contributed by atoms with Crippen LogP contribution in [0.2, 0.25) is 0 Å². The predicted molar refractivity (Wildman–Crippen MR) is 138 cm³/mol. The Morgan fingerprint density at radius 3 is 2.54 bits per heavy atom. The number of rotatable bonds is 9. The number of fused-ring (bicyclic) bond motifs is 1. The van der Waals surface area contributed by atoms with Gasteiger partial charge >= 0.3 is 0 Å². The minimum absolute atomic E-state index is 0.163. The van der Waals surface area contributed by atoms with Crippen LogP contribution in [-0.2, 0) is 14.3 Å². The van der Waals surface area contributed by atoms with E-state index >= 15 is 0 Å². The minimum Gasteiger partial charge on any atom is -0.484 e. The van der Waals surface area contributed by atoms with Crippen molar-refractivity contribution in [2.75, 3.05) is 23.8 Å². The maximum Gasteiger partial charge on any atom is 0.262 e. The van der Waals surface area contributed by atoms with Gasteiger partial charge < -0.3 is 35.6 Å². The molecule has 0 spiro atoms. The molecule has 0 saturated carbocycles. The molecule has 1 aromatic carbocycles. The third kappa shape index (κ3) is 5.62. The van der Waals surface area contributed by atoms with Crippen LogP contribution in [0.5, 0.6) is 5.75 Å². The van der Waals surface area contributed by atoms with Crippen molar-refractivity contribution in [3.63, 3.8) is 0 Å². The van der Waals surface area contributed by atoms with Crippen LogP contribution in [0.1, 0.15) is 13.2 Å². The smallest absolute Gasteiger partial charge is 0.262 e. The number of anilines is 3. The SMILES string of the molecule is CCNC(=O)[C@H]1O[C@@H](n2cnc3c(Nc4ccc(OCC(=O)Nc5ccncc5)cc4)ncnc32)[C@H](O)[C@@H]1O. The zero-order valence-electron chi connectivity index (χ0n) is 20.8. The highest BCUT2D eigenvalue weighted by atomic mass is 16.6. The standard InChI is InChI=1S/C25H26N8O6/c1-2-27-24(37)21-19(35)20(36)25(39-21)33-13-30-18-22(28-12-29-23(18)33)32-14-3-5-16(6-4-14)38-11-17(34)31-15-7-9-26-10-8-15/h3-10,12-13,19-21,25,35-36H,2,11H2,1H3,(H,27,37)(H,26,31,34)(H,28,29,32)/t19-,20+,21-,25+/m0/s1. The summed E-state index contributed by atoms with van der Waals surface area (Å²) in [7, 11) is 0. The average molecular weight is 535 g/mol. The fourth-order valence-electron chi connectivity index (χ4n) is 4.06. The van der Waals surface area contributed by atoms with E-state index in [9.17, 15) is 19.8 Å². The van der Waals surface area contributed by atoms with Gasteiger partial charge in [0.2, 0.25) is 0 Å². The number of benzene rings is 1. The molecule has 0 aliphatic carbocycles. The molecule has 5 rings (SSSR count). The van der Waals surface area contributed by atoms with Crippen molar-refractivity contribution in [1.82, 2.24) is 29.8 Å². The molecule has 0 unspecified atom stereocenters. The second kappa shape index (κ2) is 11.4. The van der Waals surface area contributed by atoms with E-state index < -0.39 is 30.4 Å². The number of aliphatic hydroxyl groups is 2. The molecule has 0 bridgehead atoms. The van der Waals surface area contributed by atoms with E-state index in [4.69, 9.17) is 9.47 Å². The van der Waals surface area contributed by atoms with E-state index in [2.05, 4.69) is 35.9 Å². The molecule has 1 saturated heterocycles. The number of carbonyl (C=O) groups excluding carboxylic acids is 2. The monoisotopic (exact) mass is 534 g/mol. The first-order valence-electron chi connectivity index (χ1n) is 12.1. The van der Waals surface area contributed by atoms with Crippen molar-refractivity contribution in [3.05, 3.63) is 61.4 Å². The van der Waals surface area contributed by atoms with Crippen LogP contribution in [0.4, 0.5) is 17.2 Å². The summed E-state index contributed by atoms with van der Waals surface area (Å²) in [4.78, 5) is 41.1. The van der Waals surface area contributed by atoms with Crippen molar-refractivity contribution < 1.29 is 29.3 Å². The van der Waals surface area contributed by atoms with Crippen LogP contribution in [0, 0.1) is 0 Å². The molecular formula is C25H26N8O6. The lowest BCUT2D eigenvalue weighted by atomic mass is 10.1. The Kier molecular flexibility index (Phi) is 7.58. The van der Waals surface area contributed by atoms with Gasteiger partial charge in [0.1, 0.15) is 24.3 Å². The van der Waals surface area contributed by atoms with Crippen LogP contribution in [0.25, 0.3) is 11.2 Å². The minimum atomic E-state index is -1.42. The van der Waals surface area contributed by atoms with Crippen LogP contribution in [0.3, 0.4) is 0 Å². The molecule has 3 aromatic heterocycles. The quantitative estimate of drug-likeness (QED) is 0.204. The number of imidazole rings is 1. The molecule has 4 aromatic rings. The van der Waals surface area contributed by atoms with E-state index in [1.807, 2.05) is 0 Å². The molecular weight excluding hydrogens is 508 g/mol. The van der Waals surface area contributed by atoms with E-state index in [0.717, 1.165) is 0 Å². The second-order valence-electron chi connectivity index (χ2n) is 8.59. The Bertz CT molecular complexity index is 1450. The molecule has 14 nitrogen and oxygen atoms in total. The number of nitrogens with one attached hydrogen (secondary N) is 3. The van der Waals surface area contributed by atoms with Crippen molar-refractivity contribution in [2.45, 2.75) is 31.5 Å². The maximum atomic E-state index is 12.2. The molecule has 39 heavy (non-hydrogen) atoms. The van der Waals surface area contributed by atoms with Crippen molar-refractivity contribution in [3.8, 4) is 5.75 Å². The third-order valence-corrected chi connectivity index (χ3v) is 5.93. The molecule has 2 amide bonds. The van der Waals surface area contributed by atoms with Crippen LogP contribution >= 0.6 is 0 Å². The summed E-state index contributed by atoms with van der Waals surface area (Å²) >= 11 is 0. The van der Waals surface area contributed by atoms with Crippen molar-refractivity contribution in [2.24, 2.45) is 0 Å². The highest BCUT2D eigenvalue weighted by molar-refractivity contribution is 5.91. The Hall–Kier alpha value is -4.66. The molecule has 202 valence electrons. The third-order valence-electron chi connectivity index (χ3n) is 5.93. The van der Waals surface area contributed by atoms with Gasteiger partial charge in [-0.2, -0.15) is 0 Å². The molecule has 5 N–H and O–H groups in total. The maximum absolute atomic E-state index is 12.2. The molecule has 1 fully saturated rings. The zero-order chi connectivity index (χ0) is 27.4. The number of nitrogens with zero attached hydrogens (tertiary/aromatic N) is 5. The Labute approximate surface area is 222 Å². The molecule has 1 aliphatic heterocycles. The Morgan fingerprint density at radius 2 is 1.79 bits per heavy atom. The average Bonchev–Trinajstić information content (AvgIpc) is 3.50. The molecule has 4 atom stereocenters. The van der Waals surface area contributed by atoms with Crippen LogP contribution < -0.4 is 20.7 Å². The number of aromatic nitrogens is 5. The molecule has 1 aliphatic rings. The lowest BCUT2D eigenvalue weighted by Crippen LogP contribution is -2.42. The fraction of sp³-hybridized carbons (Fsp3) is 0.280. The molecule has 0 radical (unpaired) electrons.